The Bertz CT molecular complexity index is 610. The zero-order valence-corrected chi connectivity index (χ0v) is 12.6. The molecule has 1 aromatic carbocycles. The molecule has 0 aliphatic heterocycles. The van der Waals surface area contributed by atoms with Crippen molar-refractivity contribution in [1.29, 1.82) is 0 Å². The highest BCUT2D eigenvalue weighted by Crippen LogP contribution is 2.11. The van der Waals surface area contributed by atoms with Gasteiger partial charge in [0.1, 0.15) is 6.04 Å². The molecule has 8 heteroatoms. The number of aliphatic carboxylic acids is 1. The van der Waals surface area contributed by atoms with E-state index in [1.54, 1.807) is 12.1 Å². The number of aryl methyl sites for hydroxylation is 1. The minimum absolute atomic E-state index is 0.135. The summed E-state index contributed by atoms with van der Waals surface area (Å²) in [7, 11) is -2.14. The molecule has 116 valence electrons. The third-order valence-corrected chi connectivity index (χ3v) is 4.32. The Labute approximate surface area is 123 Å². The molecular formula is C13H18N2O5S. The maximum atomic E-state index is 11.5. The van der Waals surface area contributed by atoms with Crippen LogP contribution in [-0.2, 0) is 26.0 Å². The van der Waals surface area contributed by atoms with Gasteiger partial charge in [-0.3, -0.25) is 9.59 Å². The molecule has 0 aliphatic carbocycles. The summed E-state index contributed by atoms with van der Waals surface area (Å²) in [6, 6.07) is 5.23. The minimum atomic E-state index is -3.47. The van der Waals surface area contributed by atoms with Crippen LogP contribution < -0.4 is 10.0 Å². The number of rotatable bonds is 7. The van der Waals surface area contributed by atoms with Crippen molar-refractivity contribution in [2.75, 3.05) is 7.05 Å². The fourth-order valence-corrected chi connectivity index (χ4v) is 2.32. The molecule has 0 spiro atoms. The van der Waals surface area contributed by atoms with Gasteiger partial charge >= 0.3 is 5.97 Å². The topological polar surface area (TPSA) is 113 Å². The first kappa shape index (κ1) is 17.1. The van der Waals surface area contributed by atoms with E-state index in [4.69, 9.17) is 5.11 Å². The molecule has 7 nitrogen and oxygen atoms in total. The van der Waals surface area contributed by atoms with Gasteiger partial charge < -0.3 is 10.4 Å². The second kappa shape index (κ2) is 7.19. The number of hydrogen-bond acceptors (Lipinski definition) is 4. The number of sulfonamides is 1. The monoisotopic (exact) mass is 314 g/mol. The lowest BCUT2D eigenvalue weighted by molar-refractivity contribution is -0.141. The van der Waals surface area contributed by atoms with E-state index in [1.807, 2.05) is 0 Å². The highest BCUT2D eigenvalue weighted by Gasteiger charge is 2.14. The second-order valence-electron chi connectivity index (χ2n) is 4.48. The third kappa shape index (κ3) is 5.16. The van der Waals surface area contributed by atoms with Gasteiger partial charge in [-0.15, -0.1) is 0 Å². The van der Waals surface area contributed by atoms with E-state index in [-0.39, 0.29) is 17.2 Å². The van der Waals surface area contributed by atoms with Crippen LogP contribution in [0, 0.1) is 0 Å². The van der Waals surface area contributed by atoms with Crippen molar-refractivity contribution in [2.24, 2.45) is 0 Å². The van der Waals surface area contributed by atoms with Crippen LogP contribution >= 0.6 is 0 Å². The van der Waals surface area contributed by atoms with Crippen molar-refractivity contribution in [3.05, 3.63) is 29.8 Å². The Morgan fingerprint density at radius 3 is 2.29 bits per heavy atom. The van der Waals surface area contributed by atoms with Crippen molar-refractivity contribution in [2.45, 2.75) is 30.7 Å². The Balaban J connectivity index is 2.58. The highest BCUT2D eigenvalue weighted by atomic mass is 32.2. The van der Waals surface area contributed by atoms with Gasteiger partial charge in [-0.05, 0) is 38.1 Å². The zero-order valence-electron chi connectivity index (χ0n) is 11.8. The summed E-state index contributed by atoms with van der Waals surface area (Å²) in [6.07, 6.45) is 0.536. The minimum Gasteiger partial charge on any atom is -0.480 e. The van der Waals surface area contributed by atoms with Crippen LogP contribution in [0.1, 0.15) is 18.9 Å². The molecule has 1 atom stereocenters. The van der Waals surface area contributed by atoms with Crippen LogP contribution in [-0.4, -0.2) is 38.5 Å². The number of amides is 1. The molecule has 0 heterocycles. The van der Waals surface area contributed by atoms with E-state index in [0.29, 0.717) is 6.42 Å². The molecule has 0 aromatic heterocycles. The van der Waals surface area contributed by atoms with Crippen molar-refractivity contribution >= 4 is 21.9 Å². The lowest BCUT2D eigenvalue weighted by Gasteiger charge is -2.09. The predicted octanol–water partition coefficient (Wildman–Crippen LogP) is 0.117. The lowest BCUT2D eigenvalue weighted by atomic mass is 10.1. The van der Waals surface area contributed by atoms with Crippen LogP contribution in [0.5, 0.6) is 0 Å². The number of carbonyl (C=O) groups is 2. The summed E-state index contributed by atoms with van der Waals surface area (Å²) in [5.74, 6) is -1.46. The molecule has 0 aliphatic rings. The first-order valence-corrected chi connectivity index (χ1v) is 7.79. The Morgan fingerprint density at radius 1 is 1.24 bits per heavy atom. The molecule has 1 rings (SSSR count). The van der Waals surface area contributed by atoms with E-state index in [2.05, 4.69) is 10.0 Å². The molecule has 0 unspecified atom stereocenters. The van der Waals surface area contributed by atoms with Crippen LogP contribution in [0.4, 0.5) is 0 Å². The van der Waals surface area contributed by atoms with Gasteiger partial charge in [0, 0.05) is 6.42 Å². The first-order valence-electron chi connectivity index (χ1n) is 6.31. The molecule has 3 N–H and O–H groups in total. The summed E-state index contributed by atoms with van der Waals surface area (Å²) >= 11 is 0. The SMILES string of the molecule is CNS(=O)(=O)c1ccc(CCC(=O)N[C@H](C)C(=O)O)cc1. The average Bonchev–Trinajstić information content (AvgIpc) is 2.45. The van der Waals surface area contributed by atoms with E-state index < -0.39 is 22.0 Å². The predicted molar refractivity (Wildman–Crippen MR) is 76.2 cm³/mol. The van der Waals surface area contributed by atoms with Crippen molar-refractivity contribution in [3.63, 3.8) is 0 Å². The maximum Gasteiger partial charge on any atom is 0.325 e. The normalized spacial score (nSPS) is 12.7. The molecule has 0 saturated heterocycles. The molecule has 0 saturated carbocycles. The van der Waals surface area contributed by atoms with Crippen LogP contribution in [0.3, 0.4) is 0 Å². The quantitative estimate of drug-likeness (QED) is 0.661. The zero-order chi connectivity index (χ0) is 16.0. The molecule has 1 aromatic rings. The number of carboxylic acids is 1. The summed E-state index contributed by atoms with van der Waals surface area (Å²) in [5.41, 5.74) is 0.795. The fraction of sp³-hybridized carbons (Fsp3) is 0.385. The van der Waals surface area contributed by atoms with Crippen LogP contribution in [0.25, 0.3) is 0 Å². The smallest absolute Gasteiger partial charge is 0.325 e. The summed E-state index contributed by atoms with van der Waals surface area (Å²) in [4.78, 5) is 22.3. The summed E-state index contributed by atoms with van der Waals surface area (Å²) in [6.45, 7) is 1.39. The van der Waals surface area contributed by atoms with E-state index in [9.17, 15) is 18.0 Å². The molecule has 0 radical (unpaired) electrons. The van der Waals surface area contributed by atoms with Gasteiger partial charge in [-0.2, -0.15) is 0 Å². The van der Waals surface area contributed by atoms with Crippen LogP contribution in [0.15, 0.2) is 29.2 Å². The van der Waals surface area contributed by atoms with Gasteiger partial charge in [-0.25, -0.2) is 13.1 Å². The number of hydrogen-bond donors (Lipinski definition) is 3. The Hall–Kier alpha value is -1.93. The highest BCUT2D eigenvalue weighted by molar-refractivity contribution is 7.89. The van der Waals surface area contributed by atoms with Gasteiger partial charge in [0.05, 0.1) is 4.90 Å². The largest absolute Gasteiger partial charge is 0.480 e. The van der Waals surface area contributed by atoms with Gasteiger partial charge in [-0.1, -0.05) is 12.1 Å². The summed E-state index contributed by atoms with van der Waals surface area (Å²) in [5, 5.41) is 11.0. The number of carbonyl (C=O) groups excluding carboxylic acids is 1. The van der Waals surface area contributed by atoms with Gasteiger partial charge in [0.25, 0.3) is 0 Å². The standard InChI is InChI=1S/C13H18N2O5S/c1-9(13(17)18)15-12(16)8-5-10-3-6-11(7-4-10)21(19,20)14-2/h3-4,6-7,9,14H,5,8H2,1-2H3,(H,15,16)(H,17,18)/t9-/m1/s1. The van der Waals surface area contributed by atoms with Crippen molar-refractivity contribution in [3.8, 4) is 0 Å². The number of benzene rings is 1. The lowest BCUT2D eigenvalue weighted by Crippen LogP contribution is -2.38. The first-order chi connectivity index (χ1) is 9.76. The van der Waals surface area contributed by atoms with Crippen molar-refractivity contribution < 1.29 is 23.1 Å². The summed E-state index contributed by atoms with van der Waals surface area (Å²) < 4.78 is 25.3. The molecule has 21 heavy (non-hydrogen) atoms. The van der Waals surface area contributed by atoms with Crippen LogP contribution in [0.2, 0.25) is 0 Å². The third-order valence-electron chi connectivity index (χ3n) is 2.89. The maximum absolute atomic E-state index is 11.5. The van der Waals surface area contributed by atoms with Gasteiger partial charge in [0.2, 0.25) is 15.9 Å². The van der Waals surface area contributed by atoms with E-state index >= 15 is 0 Å². The van der Waals surface area contributed by atoms with Gasteiger partial charge in [0.15, 0.2) is 0 Å². The average molecular weight is 314 g/mol. The fourth-order valence-electron chi connectivity index (χ4n) is 1.59. The Kier molecular flexibility index (Phi) is 5.86. The number of nitrogens with one attached hydrogen (secondary N) is 2. The van der Waals surface area contributed by atoms with E-state index in [1.165, 1.54) is 26.1 Å². The Morgan fingerprint density at radius 2 is 1.81 bits per heavy atom. The number of carboxylic acid groups (broad SMARTS) is 1. The molecule has 0 fully saturated rings. The molecular weight excluding hydrogens is 296 g/mol. The van der Waals surface area contributed by atoms with E-state index in [0.717, 1.165) is 5.56 Å². The van der Waals surface area contributed by atoms with Crippen molar-refractivity contribution in [1.82, 2.24) is 10.0 Å². The molecule has 1 amide bonds. The molecule has 0 bridgehead atoms. The second-order valence-corrected chi connectivity index (χ2v) is 6.37.